The van der Waals surface area contributed by atoms with Gasteiger partial charge in [0, 0.05) is 0 Å². The van der Waals surface area contributed by atoms with Gasteiger partial charge in [0.15, 0.2) is 0 Å². The summed E-state index contributed by atoms with van der Waals surface area (Å²) < 4.78 is 3.85. The van der Waals surface area contributed by atoms with Crippen LogP contribution >= 0.6 is 0 Å². The average Bonchev–Trinajstić information content (AvgIpc) is 3.38. The van der Waals surface area contributed by atoms with Crippen molar-refractivity contribution in [1.29, 1.82) is 0 Å². The van der Waals surface area contributed by atoms with Crippen molar-refractivity contribution in [2.24, 2.45) is 0 Å². The number of halogens is 2. The molecule has 2 aliphatic carbocycles. The van der Waals surface area contributed by atoms with Crippen molar-refractivity contribution >= 4 is 3.21 Å². The first-order valence-electron chi connectivity index (χ1n) is 12.9. The number of rotatable bonds is 4. The predicted octanol–water partition coefficient (Wildman–Crippen LogP) is 2.89. The molecule has 0 nitrogen and oxygen atoms in total. The second kappa shape index (κ2) is 11.8. The molecule has 0 aliphatic heterocycles. The van der Waals surface area contributed by atoms with Crippen molar-refractivity contribution in [3.63, 3.8) is 0 Å². The van der Waals surface area contributed by atoms with E-state index in [1.807, 2.05) is 0 Å². The second-order valence-corrected chi connectivity index (χ2v) is 16.6. The van der Waals surface area contributed by atoms with Crippen molar-refractivity contribution in [3.8, 4) is 11.1 Å². The number of allylic oxidation sites excluding steroid dienone is 4. The molecule has 0 radical (unpaired) electrons. The van der Waals surface area contributed by atoms with Crippen LogP contribution in [0.4, 0.5) is 0 Å². The Labute approximate surface area is 247 Å². The van der Waals surface area contributed by atoms with Crippen molar-refractivity contribution in [1.82, 2.24) is 0 Å². The topological polar surface area (TPSA) is 0 Å². The molecule has 0 aromatic heterocycles. The average molecular weight is 615 g/mol. The van der Waals surface area contributed by atoms with E-state index >= 15 is 0 Å². The van der Waals surface area contributed by atoms with Gasteiger partial charge in [-0.2, -0.15) is 0 Å². The maximum atomic E-state index is 2.49. The molecule has 0 N–H and O–H groups in total. The molecule has 0 bridgehead atoms. The minimum absolute atomic E-state index is 0. The quantitative estimate of drug-likeness (QED) is 0.332. The van der Waals surface area contributed by atoms with Gasteiger partial charge in [-0.3, -0.25) is 0 Å². The molecule has 0 heterocycles. The van der Waals surface area contributed by atoms with Gasteiger partial charge in [-0.1, -0.05) is 0 Å². The number of hydrogen-bond acceptors (Lipinski definition) is 0. The Kier molecular flexibility index (Phi) is 8.94. The van der Waals surface area contributed by atoms with Gasteiger partial charge >= 0.3 is 224 Å². The van der Waals surface area contributed by atoms with Gasteiger partial charge in [0.1, 0.15) is 0 Å². The Balaban J connectivity index is 0.00000168. The number of fused-ring (bicyclic) bond motifs is 3. The first-order chi connectivity index (χ1) is 17.5. The van der Waals surface area contributed by atoms with E-state index in [4.69, 9.17) is 0 Å². The molecular weight excluding hydrogens is 583 g/mol. The summed E-state index contributed by atoms with van der Waals surface area (Å²) in [6.45, 7) is 9.18. The molecule has 0 fully saturated rings. The fourth-order valence-electron chi connectivity index (χ4n) is 6.20. The molecule has 38 heavy (non-hydrogen) atoms. The summed E-state index contributed by atoms with van der Waals surface area (Å²) in [4.78, 5) is 0. The third-order valence-corrected chi connectivity index (χ3v) is 16.4. The van der Waals surface area contributed by atoms with Crippen LogP contribution in [0.25, 0.3) is 11.1 Å². The van der Waals surface area contributed by atoms with Gasteiger partial charge in [0.25, 0.3) is 0 Å². The molecule has 4 aromatic rings. The zero-order valence-electron chi connectivity index (χ0n) is 22.4. The standard InChI is InChI=1S/C15H13.C13H10.C7H9.2ClH.Zr/c1-10-3-5-14-12(7-10)9-13-8-11(2)4-6-15(13)14;1-3-7-12(8-4-1)11-13-9-5-2-6-10-13;1-6-3-4-7(2)5-6;;;/h3-9H,1-2H3;1-10H;5H,3H2,1-2H3;2*1H;/q;;;;;+2/p-2. The van der Waals surface area contributed by atoms with Crippen LogP contribution in [0, 0.1) is 13.8 Å². The van der Waals surface area contributed by atoms with Crippen LogP contribution in [0.5, 0.6) is 0 Å². The normalized spacial score (nSPS) is 13.5. The minimum atomic E-state index is -2.61. The van der Waals surface area contributed by atoms with Crippen LogP contribution in [-0.4, -0.2) is 3.21 Å². The second-order valence-electron chi connectivity index (χ2n) is 10.5. The van der Waals surface area contributed by atoms with E-state index in [1.165, 1.54) is 44.5 Å². The first-order valence-corrected chi connectivity index (χ1v) is 16.8. The summed E-state index contributed by atoms with van der Waals surface area (Å²) in [5, 5.41) is 0. The monoisotopic (exact) mass is 612 g/mol. The van der Waals surface area contributed by atoms with Crippen molar-refractivity contribution in [3.05, 3.63) is 151 Å². The molecule has 0 saturated heterocycles. The molecule has 0 atom stereocenters. The van der Waals surface area contributed by atoms with Crippen molar-refractivity contribution in [2.75, 3.05) is 0 Å². The Morgan fingerprint density at radius 2 is 1.11 bits per heavy atom. The van der Waals surface area contributed by atoms with E-state index in [2.05, 4.69) is 131 Å². The fourth-order valence-corrected chi connectivity index (χ4v) is 15.9. The molecule has 0 unspecified atom stereocenters. The summed E-state index contributed by atoms with van der Waals surface area (Å²) in [7, 11) is 0. The Bertz CT molecular complexity index is 1480. The number of benzene rings is 4. The molecule has 190 valence electrons. The molecule has 0 amide bonds. The molecule has 2 aliphatic rings. The van der Waals surface area contributed by atoms with Crippen LogP contribution in [0.2, 0.25) is 0 Å². The van der Waals surface area contributed by atoms with Crippen LogP contribution in [0.15, 0.2) is 118 Å². The van der Waals surface area contributed by atoms with E-state index in [0.29, 0.717) is 3.63 Å². The largest absolute Gasteiger partial charge is 1.00 e. The summed E-state index contributed by atoms with van der Waals surface area (Å²) in [5.74, 6) is 0. The summed E-state index contributed by atoms with van der Waals surface area (Å²) in [6, 6.07) is 36.8. The molecule has 4 aromatic carbocycles. The molecule has 3 heteroatoms. The summed E-state index contributed by atoms with van der Waals surface area (Å²) >= 11 is -2.61. The van der Waals surface area contributed by atoms with E-state index < -0.39 is 21.3 Å². The van der Waals surface area contributed by atoms with Gasteiger partial charge in [0.2, 0.25) is 0 Å². The minimum Gasteiger partial charge on any atom is -1.00 e. The maximum absolute atomic E-state index is 2.61. The Morgan fingerprint density at radius 3 is 1.53 bits per heavy atom. The van der Waals surface area contributed by atoms with Gasteiger partial charge in [-0.05, 0) is 0 Å². The number of aryl methyl sites for hydroxylation is 2. The van der Waals surface area contributed by atoms with Crippen LogP contribution in [-0.2, 0) is 21.3 Å². The van der Waals surface area contributed by atoms with Crippen molar-refractivity contribution in [2.45, 2.75) is 37.7 Å². The van der Waals surface area contributed by atoms with Gasteiger partial charge in [0.05, 0.1) is 0 Å². The SMILES string of the molecule is CC1=CC(C)=[C]([Zr+2](=[C](c2ccccc2)c2ccccc2)[CH]2c3cc(C)ccc3-c3ccc(C)cc32)C1.[Cl-].[Cl-]. The van der Waals surface area contributed by atoms with E-state index in [-0.39, 0.29) is 24.8 Å². The molecule has 0 saturated carbocycles. The van der Waals surface area contributed by atoms with E-state index in [1.54, 1.807) is 17.6 Å². The van der Waals surface area contributed by atoms with E-state index in [9.17, 15) is 0 Å². The van der Waals surface area contributed by atoms with Gasteiger partial charge < -0.3 is 24.8 Å². The smallest absolute Gasteiger partial charge is 1.00 e. The Morgan fingerprint density at radius 1 is 0.632 bits per heavy atom. The molecule has 6 rings (SSSR count). The zero-order valence-corrected chi connectivity index (χ0v) is 26.3. The molecule has 0 spiro atoms. The van der Waals surface area contributed by atoms with Crippen molar-refractivity contribution < 1.29 is 46.1 Å². The third-order valence-electron chi connectivity index (χ3n) is 7.73. The predicted molar refractivity (Wildman–Crippen MR) is 150 cm³/mol. The van der Waals surface area contributed by atoms with Crippen LogP contribution in [0.1, 0.15) is 57.3 Å². The fraction of sp³-hybridized carbons (Fsp3) is 0.171. The third kappa shape index (κ3) is 5.14. The van der Waals surface area contributed by atoms with Gasteiger partial charge in [-0.25, -0.2) is 0 Å². The van der Waals surface area contributed by atoms with Crippen LogP contribution in [0.3, 0.4) is 0 Å². The summed E-state index contributed by atoms with van der Waals surface area (Å²) in [6.07, 6.45) is 3.58. The van der Waals surface area contributed by atoms with Gasteiger partial charge in [-0.15, -0.1) is 0 Å². The maximum Gasteiger partial charge on any atom is -1.00 e. The zero-order chi connectivity index (χ0) is 24.8. The van der Waals surface area contributed by atoms with Crippen LogP contribution < -0.4 is 24.8 Å². The number of hydrogen-bond donors (Lipinski definition) is 0. The first kappa shape index (κ1) is 28.7. The summed E-state index contributed by atoms with van der Waals surface area (Å²) in [5.41, 5.74) is 14.5. The molecular formula is C35H32Cl2Zr. The Hall–Kier alpha value is -2.31. The van der Waals surface area contributed by atoms with E-state index in [0.717, 1.165) is 6.42 Å².